The van der Waals surface area contributed by atoms with Gasteiger partial charge >= 0.3 is 0 Å². The van der Waals surface area contributed by atoms with Gasteiger partial charge in [0.15, 0.2) is 0 Å². The molecule has 0 bridgehead atoms. The predicted octanol–water partition coefficient (Wildman–Crippen LogP) is 1.10. The summed E-state index contributed by atoms with van der Waals surface area (Å²) in [6.45, 7) is 5.31. The molecule has 1 rings (SSSR count). The van der Waals surface area contributed by atoms with Gasteiger partial charge in [-0.3, -0.25) is 0 Å². The minimum atomic E-state index is 0.275. The molecule has 0 fully saturated rings. The summed E-state index contributed by atoms with van der Waals surface area (Å²) in [4.78, 5) is 10.4. The zero-order valence-electron chi connectivity index (χ0n) is 11.9. The molecule has 1 aromatic heterocycles. The van der Waals surface area contributed by atoms with Crippen molar-refractivity contribution in [1.82, 2.24) is 14.9 Å². The summed E-state index contributed by atoms with van der Waals surface area (Å²) in [6, 6.07) is 2.18. The van der Waals surface area contributed by atoms with Crippen LogP contribution in [0, 0.1) is 5.92 Å². The lowest BCUT2D eigenvalue weighted by atomic mass is 10.0. The first-order valence-corrected chi connectivity index (χ1v) is 6.16. The van der Waals surface area contributed by atoms with E-state index in [0.29, 0.717) is 12.0 Å². The van der Waals surface area contributed by atoms with Gasteiger partial charge in [-0.1, -0.05) is 13.8 Å². The highest BCUT2D eigenvalue weighted by atomic mass is 15.2. The molecule has 0 aliphatic rings. The molecule has 1 atom stereocenters. The number of nitrogens with zero attached hydrogens (tertiary/aromatic N) is 3. The van der Waals surface area contributed by atoms with Gasteiger partial charge in [0.2, 0.25) is 5.95 Å². The fraction of sp³-hybridized carbons (Fsp3) is 0.667. The topological polar surface area (TPSA) is 79.1 Å². The van der Waals surface area contributed by atoms with E-state index in [1.165, 1.54) is 0 Å². The number of nitrogens with two attached hydrogens (primary N) is 1. The molecule has 0 aliphatic heterocycles. The van der Waals surface area contributed by atoms with Gasteiger partial charge in [-0.05, 0) is 20.0 Å². The Balaban J connectivity index is 2.82. The van der Waals surface area contributed by atoms with E-state index in [1.807, 2.05) is 13.1 Å². The second-order valence-corrected chi connectivity index (χ2v) is 5.00. The molecule has 0 saturated carbocycles. The Kier molecular flexibility index (Phi) is 5.15. The first kappa shape index (κ1) is 14.5. The van der Waals surface area contributed by atoms with Gasteiger partial charge in [0.1, 0.15) is 11.6 Å². The Morgan fingerprint density at radius 2 is 1.89 bits per heavy atom. The van der Waals surface area contributed by atoms with Crippen molar-refractivity contribution in [2.75, 3.05) is 44.1 Å². The van der Waals surface area contributed by atoms with Crippen LogP contribution in [0.1, 0.15) is 13.8 Å². The third-order valence-electron chi connectivity index (χ3n) is 2.70. The van der Waals surface area contributed by atoms with Gasteiger partial charge in [0.05, 0.1) is 0 Å². The number of nitrogen functional groups attached to an aromatic ring is 1. The van der Waals surface area contributed by atoms with Crippen LogP contribution in [0.15, 0.2) is 6.07 Å². The molecule has 0 saturated heterocycles. The van der Waals surface area contributed by atoms with Crippen LogP contribution in [0.3, 0.4) is 0 Å². The van der Waals surface area contributed by atoms with E-state index >= 15 is 0 Å². The average molecular weight is 252 g/mol. The van der Waals surface area contributed by atoms with Crippen molar-refractivity contribution in [2.45, 2.75) is 19.9 Å². The van der Waals surface area contributed by atoms with Crippen LogP contribution in [-0.4, -0.2) is 48.6 Å². The van der Waals surface area contributed by atoms with Crippen molar-refractivity contribution >= 4 is 17.6 Å². The highest BCUT2D eigenvalue weighted by Crippen LogP contribution is 2.15. The SMILES string of the molecule is CNc1cc(NC(CN(C)C)C(C)C)nc(N)n1. The summed E-state index contributed by atoms with van der Waals surface area (Å²) in [5.41, 5.74) is 5.68. The van der Waals surface area contributed by atoms with Gasteiger partial charge in [-0.15, -0.1) is 0 Å². The summed E-state index contributed by atoms with van der Waals surface area (Å²) in [6.07, 6.45) is 0. The number of hydrogen-bond donors (Lipinski definition) is 3. The highest BCUT2D eigenvalue weighted by molar-refractivity contribution is 5.51. The fourth-order valence-corrected chi connectivity index (χ4v) is 1.67. The maximum atomic E-state index is 5.68. The van der Waals surface area contributed by atoms with Crippen molar-refractivity contribution in [2.24, 2.45) is 5.92 Å². The molecule has 1 heterocycles. The van der Waals surface area contributed by atoms with E-state index in [1.54, 1.807) is 0 Å². The molecule has 0 radical (unpaired) electrons. The van der Waals surface area contributed by atoms with Crippen LogP contribution in [0.4, 0.5) is 17.6 Å². The zero-order chi connectivity index (χ0) is 13.7. The van der Waals surface area contributed by atoms with Crippen molar-refractivity contribution in [1.29, 1.82) is 0 Å². The summed E-state index contributed by atoms with van der Waals surface area (Å²) >= 11 is 0. The average Bonchev–Trinajstić information content (AvgIpc) is 2.26. The standard InChI is InChI=1S/C12H24N6/c1-8(2)9(7-18(4)5)15-11-6-10(14-3)16-12(13)17-11/h6,8-9H,7H2,1-5H3,(H4,13,14,15,16,17). The summed E-state index contributed by atoms with van der Waals surface area (Å²) in [5.74, 6) is 2.25. The van der Waals surface area contributed by atoms with Crippen LogP contribution < -0.4 is 16.4 Å². The highest BCUT2D eigenvalue weighted by Gasteiger charge is 2.15. The Morgan fingerprint density at radius 3 is 2.39 bits per heavy atom. The summed E-state index contributed by atoms with van der Waals surface area (Å²) in [7, 11) is 5.93. The Morgan fingerprint density at radius 1 is 1.28 bits per heavy atom. The van der Waals surface area contributed by atoms with Crippen molar-refractivity contribution < 1.29 is 0 Å². The van der Waals surface area contributed by atoms with Gasteiger partial charge < -0.3 is 21.3 Å². The first-order valence-electron chi connectivity index (χ1n) is 6.16. The first-order chi connectivity index (χ1) is 8.42. The van der Waals surface area contributed by atoms with Gasteiger partial charge in [-0.2, -0.15) is 9.97 Å². The molecule has 18 heavy (non-hydrogen) atoms. The van der Waals surface area contributed by atoms with Gasteiger partial charge in [-0.25, -0.2) is 0 Å². The van der Waals surface area contributed by atoms with Gasteiger partial charge in [0, 0.05) is 25.7 Å². The second kappa shape index (κ2) is 6.39. The lowest BCUT2D eigenvalue weighted by molar-refractivity contribution is 0.344. The lowest BCUT2D eigenvalue weighted by Gasteiger charge is -2.26. The molecule has 0 amide bonds. The molecule has 102 valence electrons. The fourth-order valence-electron chi connectivity index (χ4n) is 1.67. The van der Waals surface area contributed by atoms with E-state index in [2.05, 4.69) is 53.4 Å². The molecule has 0 aromatic carbocycles. The molecule has 4 N–H and O–H groups in total. The van der Waals surface area contributed by atoms with Crippen LogP contribution in [-0.2, 0) is 0 Å². The molecule has 1 unspecified atom stereocenters. The lowest BCUT2D eigenvalue weighted by Crippen LogP contribution is -2.36. The summed E-state index contributed by atoms with van der Waals surface area (Å²) in [5, 5.41) is 6.38. The predicted molar refractivity (Wildman–Crippen MR) is 76.8 cm³/mol. The third-order valence-corrected chi connectivity index (χ3v) is 2.70. The number of rotatable bonds is 6. The quantitative estimate of drug-likeness (QED) is 0.703. The summed E-state index contributed by atoms with van der Waals surface area (Å²) < 4.78 is 0. The van der Waals surface area contributed by atoms with E-state index in [4.69, 9.17) is 5.73 Å². The minimum Gasteiger partial charge on any atom is -0.373 e. The van der Waals surface area contributed by atoms with E-state index in [-0.39, 0.29) is 5.95 Å². The number of nitrogens with one attached hydrogen (secondary N) is 2. The Hall–Kier alpha value is -1.56. The van der Waals surface area contributed by atoms with E-state index < -0.39 is 0 Å². The van der Waals surface area contributed by atoms with Crippen LogP contribution >= 0.6 is 0 Å². The number of aromatic nitrogens is 2. The zero-order valence-corrected chi connectivity index (χ0v) is 11.9. The molecule has 1 aromatic rings. The van der Waals surface area contributed by atoms with E-state index in [9.17, 15) is 0 Å². The number of hydrogen-bond acceptors (Lipinski definition) is 6. The molecule has 6 heteroatoms. The van der Waals surface area contributed by atoms with Crippen molar-refractivity contribution in [3.8, 4) is 0 Å². The smallest absolute Gasteiger partial charge is 0.223 e. The molecular weight excluding hydrogens is 228 g/mol. The molecule has 6 nitrogen and oxygen atoms in total. The monoisotopic (exact) mass is 252 g/mol. The van der Waals surface area contributed by atoms with E-state index in [0.717, 1.165) is 18.2 Å². The van der Waals surface area contributed by atoms with Crippen LogP contribution in [0.5, 0.6) is 0 Å². The number of anilines is 3. The second-order valence-electron chi connectivity index (χ2n) is 5.00. The van der Waals surface area contributed by atoms with Crippen molar-refractivity contribution in [3.63, 3.8) is 0 Å². The van der Waals surface area contributed by atoms with Crippen LogP contribution in [0.2, 0.25) is 0 Å². The largest absolute Gasteiger partial charge is 0.373 e. The van der Waals surface area contributed by atoms with Crippen molar-refractivity contribution in [3.05, 3.63) is 6.07 Å². The Labute approximate surface area is 109 Å². The normalized spacial score (nSPS) is 12.8. The molecule has 0 spiro atoms. The number of likely N-dealkylation sites (N-methyl/N-ethyl adjacent to an activating group) is 1. The maximum absolute atomic E-state index is 5.68. The molecule has 0 aliphatic carbocycles. The Bertz CT molecular complexity index is 377. The maximum Gasteiger partial charge on any atom is 0.223 e. The minimum absolute atomic E-state index is 0.275. The van der Waals surface area contributed by atoms with Gasteiger partial charge in [0.25, 0.3) is 0 Å². The third kappa shape index (κ3) is 4.37. The van der Waals surface area contributed by atoms with Crippen LogP contribution in [0.25, 0.3) is 0 Å². The molecular formula is C12H24N6.